The Morgan fingerprint density at radius 1 is 1.42 bits per heavy atom. The van der Waals surface area contributed by atoms with Crippen molar-refractivity contribution in [3.8, 4) is 10.8 Å². The van der Waals surface area contributed by atoms with Crippen LogP contribution in [0.1, 0.15) is 27.6 Å². The van der Waals surface area contributed by atoms with E-state index in [1.807, 2.05) is 24.6 Å². The second-order valence-electron chi connectivity index (χ2n) is 5.47. The highest BCUT2D eigenvalue weighted by molar-refractivity contribution is 7.13. The molecule has 0 unspecified atom stereocenters. The van der Waals surface area contributed by atoms with Crippen LogP contribution in [0.3, 0.4) is 0 Å². The van der Waals surface area contributed by atoms with E-state index in [1.165, 1.54) is 7.11 Å². The minimum atomic E-state index is -0.382. The molecule has 0 amide bonds. The van der Waals surface area contributed by atoms with E-state index in [4.69, 9.17) is 13.6 Å². The van der Waals surface area contributed by atoms with Gasteiger partial charge in [0.05, 0.1) is 25.6 Å². The molecule has 0 bridgehead atoms. The SMILES string of the molecule is COC(=O)c1cc(CN(C)Cc2csc(-c3ccco3)n2)oc1C. The summed E-state index contributed by atoms with van der Waals surface area (Å²) in [6.07, 6.45) is 1.64. The van der Waals surface area contributed by atoms with Crippen LogP contribution in [-0.2, 0) is 17.8 Å². The zero-order chi connectivity index (χ0) is 17.1. The molecule has 0 saturated carbocycles. The average Bonchev–Trinajstić information content (AvgIpc) is 3.27. The normalized spacial score (nSPS) is 11.2. The number of hydrogen-bond donors (Lipinski definition) is 0. The maximum Gasteiger partial charge on any atom is 0.341 e. The van der Waals surface area contributed by atoms with Gasteiger partial charge in [-0.2, -0.15) is 0 Å². The maximum atomic E-state index is 11.6. The number of carbonyl (C=O) groups excluding carboxylic acids is 1. The first-order valence-electron chi connectivity index (χ1n) is 7.41. The molecule has 0 radical (unpaired) electrons. The second kappa shape index (κ2) is 7.02. The number of methoxy groups -OCH3 is 1. The molecule has 0 spiro atoms. The summed E-state index contributed by atoms with van der Waals surface area (Å²) < 4.78 is 15.7. The minimum Gasteiger partial charge on any atom is -0.465 e. The van der Waals surface area contributed by atoms with Crippen LogP contribution < -0.4 is 0 Å². The zero-order valence-corrected chi connectivity index (χ0v) is 14.6. The zero-order valence-electron chi connectivity index (χ0n) is 13.7. The molecule has 24 heavy (non-hydrogen) atoms. The van der Waals surface area contributed by atoms with Crippen LogP contribution in [0.15, 0.2) is 38.7 Å². The fraction of sp³-hybridized carbons (Fsp3) is 0.294. The standard InChI is InChI=1S/C17H18N2O4S/c1-11-14(17(20)21-3)7-13(23-11)9-19(2)8-12-10-24-16(18-12)15-5-4-6-22-15/h4-7,10H,8-9H2,1-3H3. The molecule has 0 N–H and O–H groups in total. The van der Waals surface area contributed by atoms with Crippen LogP contribution in [0.5, 0.6) is 0 Å². The molecule has 3 aromatic heterocycles. The van der Waals surface area contributed by atoms with Crippen molar-refractivity contribution in [2.24, 2.45) is 0 Å². The topological polar surface area (TPSA) is 68.7 Å². The van der Waals surface area contributed by atoms with Gasteiger partial charge in [-0.25, -0.2) is 9.78 Å². The molecule has 0 aliphatic carbocycles. The van der Waals surface area contributed by atoms with E-state index in [2.05, 4.69) is 9.88 Å². The van der Waals surface area contributed by atoms with Crippen LogP contribution >= 0.6 is 11.3 Å². The number of carbonyl (C=O) groups is 1. The van der Waals surface area contributed by atoms with Gasteiger partial charge in [-0.1, -0.05) is 0 Å². The first kappa shape index (κ1) is 16.5. The van der Waals surface area contributed by atoms with E-state index in [0.717, 1.165) is 22.2 Å². The highest BCUT2D eigenvalue weighted by Gasteiger charge is 2.17. The second-order valence-corrected chi connectivity index (χ2v) is 6.33. The lowest BCUT2D eigenvalue weighted by atomic mass is 10.2. The molecule has 0 aliphatic rings. The molecule has 3 rings (SSSR count). The third kappa shape index (κ3) is 3.58. The van der Waals surface area contributed by atoms with Gasteiger partial charge in [-0.3, -0.25) is 4.90 Å². The monoisotopic (exact) mass is 346 g/mol. The Morgan fingerprint density at radius 2 is 2.25 bits per heavy atom. The molecule has 0 aliphatic heterocycles. The molecule has 0 aromatic carbocycles. The van der Waals surface area contributed by atoms with Crippen molar-refractivity contribution in [1.82, 2.24) is 9.88 Å². The molecular weight excluding hydrogens is 328 g/mol. The fourth-order valence-electron chi connectivity index (χ4n) is 2.43. The molecule has 0 fully saturated rings. The van der Waals surface area contributed by atoms with Crippen molar-refractivity contribution in [3.63, 3.8) is 0 Å². The quantitative estimate of drug-likeness (QED) is 0.634. The molecule has 3 aromatic rings. The predicted octanol–water partition coefficient (Wildman–Crippen LogP) is 3.72. The van der Waals surface area contributed by atoms with E-state index in [-0.39, 0.29) is 5.97 Å². The number of aromatic nitrogens is 1. The highest BCUT2D eigenvalue weighted by atomic mass is 32.1. The molecule has 6 nitrogen and oxygen atoms in total. The summed E-state index contributed by atoms with van der Waals surface area (Å²) in [6, 6.07) is 5.47. The summed E-state index contributed by atoms with van der Waals surface area (Å²) >= 11 is 1.55. The van der Waals surface area contributed by atoms with Crippen molar-refractivity contribution in [1.29, 1.82) is 0 Å². The van der Waals surface area contributed by atoms with Gasteiger partial charge in [0.25, 0.3) is 0 Å². The van der Waals surface area contributed by atoms with Gasteiger partial charge in [0.15, 0.2) is 10.8 Å². The Morgan fingerprint density at radius 3 is 2.96 bits per heavy atom. The van der Waals surface area contributed by atoms with Gasteiger partial charge < -0.3 is 13.6 Å². The molecule has 126 valence electrons. The first-order valence-corrected chi connectivity index (χ1v) is 8.29. The lowest BCUT2D eigenvalue weighted by molar-refractivity contribution is 0.0599. The molecule has 0 saturated heterocycles. The molecule has 7 heteroatoms. The Bertz CT molecular complexity index is 820. The van der Waals surface area contributed by atoms with E-state index >= 15 is 0 Å². The number of ether oxygens (including phenoxy) is 1. The summed E-state index contributed by atoms with van der Waals surface area (Å²) in [7, 11) is 3.33. The van der Waals surface area contributed by atoms with E-state index < -0.39 is 0 Å². The van der Waals surface area contributed by atoms with Gasteiger partial charge in [-0.05, 0) is 32.2 Å². The van der Waals surface area contributed by atoms with E-state index in [9.17, 15) is 4.79 Å². The number of nitrogens with zero attached hydrogens (tertiary/aromatic N) is 2. The van der Waals surface area contributed by atoms with Gasteiger partial charge >= 0.3 is 5.97 Å². The van der Waals surface area contributed by atoms with Gasteiger partial charge in [0.2, 0.25) is 0 Å². The summed E-state index contributed by atoms with van der Waals surface area (Å²) in [6.45, 7) is 3.00. The van der Waals surface area contributed by atoms with Crippen LogP contribution in [0.2, 0.25) is 0 Å². The summed E-state index contributed by atoms with van der Waals surface area (Å²) in [5.74, 6) is 1.68. The van der Waals surface area contributed by atoms with Crippen molar-refractivity contribution < 1.29 is 18.4 Å². The van der Waals surface area contributed by atoms with Crippen molar-refractivity contribution in [2.75, 3.05) is 14.2 Å². The maximum absolute atomic E-state index is 11.6. The highest BCUT2D eigenvalue weighted by Crippen LogP contribution is 2.25. The largest absolute Gasteiger partial charge is 0.465 e. The summed E-state index contributed by atoms with van der Waals surface area (Å²) in [5.41, 5.74) is 1.43. The molecular formula is C17H18N2O4S. The number of furan rings is 2. The minimum absolute atomic E-state index is 0.382. The van der Waals surface area contributed by atoms with Crippen molar-refractivity contribution in [3.05, 3.63) is 52.6 Å². The Kier molecular flexibility index (Phi) is 4.82. The molecule has 0 atom stereocenters. The number of esters is 1. The number of rotatable bonds is 6. The lowest BCUT2D eigenvalue weighted by Gasteiger charge is -2.13. The first-order chi connectivity index (χ1) is 11.6. The van der Waals surface area contributed by atoms with Crippen molar-refractivity contribution >= 4 is 17.3 Å². The van der Waals surface area contributed by atoms with Gasteiger partial charge in [0.1, 0.15) is 17.1 Å². The average molecular weight is 346 g/mol. The van der Waals surface area contributed by atoms with Crippen LogP contribution in [-0.4, -0.2) is 30.0 Å². The lowest BCUT2D eigenvalue weighted by Crippen LogP contribution is -2.17. The smallest absolute Gasteiger partial charge is 0.341 e. The van der Waals surface area contributed by atoms with E-state index in [1.54, 1.807) is 30.6 Å². The van der Waals surface area contributed by atoms with E-state index in [0.29, 0.717) is 24.4 Å². The summed E-state index contributed by atoms with van der Waals surface area (Å²) in [5, 5.41) is 2.88. The van der Waals surface area contributed by atoms with Crippen LogP contribution in [0.25, 0.3) is 10.8 Å². The number of hydrogen-bond acceptors (Lipinski definition) is 7. The Labute approximate surface area is 143 Å². The third-order valence-electron chi connectivity index (χ3n) is 3.52. The third-order valence-corrected chi connectivity index (χ3v) is 4.42. The van der Waals surface area contributed by atoms with Gasteiger partial charge in [-0.15, -0.1) is 11.3 Å². The Hall–Kier alpha value is -2.38. The van der Waals surface area contributed by atoms with Crippen LogP contribution in [0.4, 0.5) is 0 Å². The predicted molar refractivity (Wildman–Crippen MR) is 89.8 cm³/mol. The fourth-order valence-corrected chi connectivity index (χ4v) is 3.20. The van der Waals surface area contributed by atoms with Gasteiger partial charge in [0, 0.05) is 11.9 Å². The molecule has 3 heterocycles. The number of aryl methyl sites for hydroxylation is 1. The van der Waals surface area contributed by atoms with Crippen LogP contribution in [0, 0.1) is 6.92 Å². The number of thiazole rings is 1. The van der Waals surface area contributed by atoms with Crippen molar-refractivity contribution in [2.45, 2.75) is 20.0 Å². The summed E-state index contributed by atoms with van der Waals surface area (Å²) in [4.78, 5) is 18.3. The Balaban J connectivity index is 1.64.